The average molecular weight is 362 g/mol. The molecule has 3 N–H and O–H groups in total. The summed E-state index contributed by atoms with van der Waals surface area (Å²) in [7, 11) is 0. The number of nitrogen functional groups attached to an aromatic ring is 1. The number of rotatable bonds is 4. The van der Waals surface area contributed by atoms with E-state index in [1.807, 2.05) is 18.4 Å². The maximum atomic E-state index is 7.72. The van der Waals surface area contributed by atoms with Crippen LogP contribution in [0.25, 0.3) is 0 Å². The maximum absolute atomic E-state index is 7.72. The highest BCUT2D eigenvalue weighted by atomic mass is 35.5. The van der Waals surface area contributed by atoms with Gasteiger partial charge in [-0.3, -0.25) is 5.41 Å². The fourth-order valence-electron chi connectivity index (χ4n) is 1.73. The van der Waals surface area contributed by atoms with Gasteiger partial charge in [0, 0.05) is 11.0 Å². The lowest BCUT2D eigenvalue weighted by Crippen LogP contribution is -2.13. The van der Waals surface area contributed by atoms with Gasteiger partial charge in [0.05, 0.1) is 20.6 Å². The summed E-state index contributed by atoms with van der Waals surface area (Å²) in [6.07, 6.45) is 1.90. The summed E-state index contributed by atoms with van der Waals surface area (Å²) in [6, 6.07) is 8.44. The standard InChI is InChI=1S/C14H11Cl3N2OS/c1-21-12-4-2-3-10(13(12)14(18)19)20-11-6-8(16)7(15)5-9(11)17/h2-6H,1H3,(H3,18,19). The number of nitrogens with one attached hydrogen (secondary N) is 1. The van der Waals surface area contributed by atoms with Gasteiger partial charge >= 0.3 is 0 Å². The number of thioether (sulfide) groups is 1. The fraction of sp³-hybridized carbons (Fsp3) is 0.0714. The Morgan fingerprint density at radius 1 is 1.10 bits per heavy atom. The first-order valence-electron chi connectivity index (χ1n) is 5.77. The molecule has 110 valence electrons. The van der Waals surface area contributed by atoms with Crippen LogP contribution in [-0.2, 0) is 0 Å². The normalized spacial score (nSPS) is 10.5. The minimum Gasteiger partial charge on any atom is -0.455 e. The maximum Gasteiger partial charge on any atom is 0.147 e. The summed E-state index contributed by atoms with van der Waals surface area (Å²) in [5, 5.41) is 8.73. The lowest BCUT2D eigenvalue weighted by Gasteiger charge is -2.14. The minimum absolute atomic E-state index is 0.0777. The third-order valence-electron chi connectivity index (χ3n) is 2.67. The van der Waals surface area contributed by atoms with Crippen LogP contribution in [0.5, 0.6) is 11.5 Å². The summed E-state index contributed by atoms with van der Waals surface area (Å²) in [6.45, 7) is 0. The molecule has 7 heteroatoms. The third-order valence-corrected chi connectivity index (χ3v) is 4.47. The van der Waals surface area contributed by atoms with Crippen molar-refractivity contribution < 1.29 is 4.74 Å². The van der Waals surface area contributed by atoms with Gasteiger partial charge in [-0.2, -0.15) is 0 Å². The van der Waals surface area contributed by atoms with Gasteiger partial charge < -0.3 is 10.5 Å². The van der Waals surface area contributed by atoms with E-state index in [0.29, 0.717) is 32.1 Å². The van der Waals surface area contributed by atoms with Crippen LogP contribution < -0.4 is 10.5 Å². The largest absolute Gasteiger partial charge is 0.455 e. The Morgan fingerprint density at radius 2 is 1.76 bits per heavy atom. The van der Waals surface area contributed by atoms with Gasteiger partial charge in [-0.25, -0.2) is 0 Å². The highest BCUT2D eigenvalue weighted by molar-refractivity contribution is 7.98. The summed E-state index contributed by atoms with van der Waals surface area (Å²) in [5.74, 6) is 0.715. The second-order valence-electron chi connectivity index (χ2n) is 4.05. The number of amidine groups is 1. The summed E-state index contributed by atoms with van der Waals surface area (Å²) in [5.41, 5.74) is 6.17. The monoisotopic (exact) mass is 360 g/mol. The molecule has 0 saturated carbocycles. The van der Waals surface area contributed by atoms with E-state index in [-0.39, 0.29) is 5.84 Å². The molecule has 0 fully saturated rings. The van der Waals surface area contributed by atoms with E-state index in [2.05, 4.69) is 0 Å². The average Bonchev–Trinajstić information content (AvgIpc) is 2.44. The molecular weight excluding hydrogens is 351 g/mol. The van der Waals surface area contributed by atoms with E-state index in [0.717, 1.165) is 4.90 Å². The molecule has 0 amide bonds. The molecule has 3 nitrogen and oxygen atoms in total. The summed E-state index contributed by atoms with van der Waals surface area (Å²) >= 11 is 19.4. The predicted octanol–water partition coefficient (Wildman–Crippen LogP) is 5.45. The molecule has 0 aliphatic carbocycles. The molecule has 0 bridgehead atoms. The van der Waals surface area contributed by atoms with Crippen LogP contribution >= 0.6 is 46.6 Å². The molecule has 0 spiro atoms. The molecule has 2 rings (SSSR count). The second kappa shape index (κ2) is 6.79. The number of hydrogen-bond donors (Lipinski definition) is 2. The van der Waals surface area contributed by atoms with Crippen molar-refractivity contribution in [3.63, 3.8) is 0 Å². The Bertz CT molecular complexity index is 707. The highest BCUT2D eigenvalue weighted by Gasteiger charge is 2.15. The molecule has 0 atom stereocenters. The molecule has 0 radical (unpaired) electrons. The van der Waals surface area contributed by atoms with E-state index >= 15 is 0 Å². The zero-order valence-electron chi connectivity index (χ0n) is 10.9. The van der Waals surface area contributed by atoms with E-state index in [1.165, 1.54) is 23.9 Å². The highest BCUT2D eigenvalue weighted by Crippen LogP contribution is 2.38. The van der Waals surface area contributed by atoms with Crippen LogP contribution in [0.4, 0.5) is 0 Å². The van der Waals surface area contributed by atoms with Crippen molar-refractivity contribution in [2.24, 2.45) is 5.73 Å². The van der Waals surface area contributed by atoms with E-state index in [4.69, 9.17) is 50.7 Å². The van der Waals surface area contributed by atoms with Gasteiger partial charge in [0.1, 0.15) is 17.3 Å². The smallest absolute Gasteiger partial charge is 0.147 e. The van der Waals surface area contributed by atoms with Crippen molar-refractivity contribution in [2.75, 3.05) is 6.26 Å². The van der Waals surface area contributed by atoms with Crippen molar-refractivity contribution in [3.8, 4) is 11.5 Å². The van der Waals surface area contributed by atoms with Crippen molar-refractivity contribution in [1.82, 2.24) is 0 Å². The molecule has 0 unspecified atom stereocenters. The van der Waals surface area contributed by atoms with Crippen LogP contribution in [0.1, 0.15) is 5.56 Å². The molecule has 2 aromatic carbocycles. The fourth-order valence-corrected chi connectivity index (χ4v) is 2.94. The molecule has 0 heterocycles. The molecule has 0 aromatic heterocycles. The van der Waals surface area contributed by atoms with Gasteiger partial charge in [-0.05, 0) is 24.5 Å². The molecule has 2 aromatic rings. The van der Waals surface area contributed by atoms with Crippen LogP contribution in [0.2, 0.25) is 15.1 Å². The van der Waals surface area contributed by atoms with E-state index < -0.39 is 0 Å². The Hall–Kier alpha value is -1.07. The number of halogens is 3. The van der Waals surface area contributed by atoms with Crippen molar-refractivity contribution >= 4 is 52.4 Å². The van der Waals surface area contributed by atoms with Crippen LogP contribution in [0, 0.1) is 5.41 Å². The third kappa shape index (κ3) is 3.58. The van der Waals surface area contributed by atoms with Crippen LogP contribution in [0.15, 0.2) is 35.2 Å². The van der Waals surface area contributed by atoms with Crippen LogP contribution in [-0.4, -0.2) is 12.1 Å². The first kappa shape index (κ1) is 16.3. The summed E-state index contributed by atoms with van der Waals surface area (Å²) < 4.78 is 5.77. The quantitative estimate of drug-likeness (QED) is 0.330. The second-order valence-corrected chi connectivity index (χ2v) is 6.12. The number of ether oxygens (including phenoxy) is 1. The lowest BCUT2D eigenvalue weighted by atomic mass is 10.2. The van der Waals surface area contributed by atoms with E-state index in [1.54, 1.807) is 6.07 Å². The first-order valence-corrected chi connectivity index (χ1v) is 8.13. The molecule has 0 saturated heterocycles. The summed E-state index contributed by atoms with van der Waals surface area (Å²) in [4.78, 5) is 0.844. The molecule has 0 aliphatic rings. The minimum atomic E-state index is -0.0777. The zero-order valence-corrected chi connectivity index (χ0v) is 14.0. The first-order chi connectivity index (χ1) is 9.93. The predicted molar refractivity (Wildman–Crippen MR) is 90.8 cm³/mol. The molecule has 0 aliphatic heterocycles. The SMILES string of the molecule is CSc1cccc(Oc2cc(Cl)c(Cl)cc2Cl)c1C(=N)N. The van der Waals surface area contributed by atoms with Gasteiger partial charge in [0.2, 0.25) is 0 Å². The Labute approximate surface area is 141 Å². The van der Waals surface area contributed by atoms with Crippen molar-refractivity contribution in [3.05, 3.63) is 51.0 Å². The number of hydrogen-bond acceptors (Lipinski definition) is 3. The van der Waals surface area contributed by atoms with Gasteiger partial charge in [-0.1, -0.05) is 40.9 Å². The number of benzene rings is 2. The Morgan fingerprint density at radius 3 is 2.38 bits per heavy atom. The van der Waals surface area contributed by atoms with Gasteiger partial charge in [0.25, 0.3) is 0 Å². The van der Waals surface area contributed by atoms with Crippen molar-refractivity contribution in [2.45, 2.75) is 4.90 Å². The van der Waals surface area contributed by atoms with Gasteiger partial charge in [-0.15, -0.1) is 11.8 Å². The zero-order chi connectivity index (χ0) is 15.6. The van der Waals surface area contributed by atoms with Crippen molar-refractivity contribution in [1.29, 1.82) is 5.41 Å². The molecular formula is C14H11Cl3N2OS. The Kier molecular flexibility index (Phi) is 5.27. The van der Waals surface area contributed by atoms with Gasteiger partial charge in [0.15, 0.2) is 0 Å². The molecule has 21 heavy (non-hydrogen) atoms. The number of nitrogens with two attached hydrogens (primary N) is 1. The lowest BCUT2D eigenvalue weighted by molar-refractivity contribution is 0.480. The van der Waals surface area contributed by atoms with Crippen LogP contribution in [0.3, 0.4) is 0 Å². The topological polar surface area (TPSA) is 59.1 Å². The Balaban J connectivity index is 2.49. The van der Waals surface area contributed by atoms with E-state index in [9.17, 15) is 0 Å².